The Hall–Kier alpha value is -3.11. The average Bonchev–Trinajstić information content (AvgIpc) is 2.94. The molecule has 0 aliphatic carbocycles. The summed E-state index contributed by atoms with van der Waals surface area (Å²) in [6, 6.07) is 0. The average molecular weight is 601 g/mol. The Morgan fingerprint density at radius 2 is 1.86 bits per heavy atom. The van der Waals surface area contributed by atoms with Crippen molar-refractivity contribution < 1.29 is 49.3 Å². The van der Waals surface area contributed by atoms with Crippen LogP contribution in [-0.4, -0.2) is 107 Å². The molecular formula is C27H41N3O12. The minimum atomic E-state index is -1.25. The molecule has 3 heterocycles. The number of rotatable bonds is 11. The molecule has 2 N–H and O–H groups in total. The summed E-state index contributed by atoms with van der Waals surface area (Å²) in [6.07, 6.45) is -2.83. The first-order chi connectivity index (χ1) is 20.3. The third-order valence-corrected chi connectivity index (χ3v) is 6.96. The maximum Gasteiger partial charge on any atom is 0.330 e. The van der Waals surface area contributed by atoms with E-state index in [-0.39, 0.29) is 33.2 Å². The molecule has 7 atom stereocenters. The van der Waals surface area contributed by atoms with Crippen molar-refractivity contribution in [2.24, 2.45) is 5.92 Å². The van der Waals surface area contributed by atoms with Gasteiger partial charge in [-0.15, -0.1) is 0 Å². The smallest absolute Gasteiger partial charge is 0.330 e. The lowest BCUT2D eigenvalue weighted by Gasteiger charge is -2.44. The van der Waals surface area contributed by atoms with Crippen molar-refractivity contribution in [2.45, 2.75) is 84.4 Å². The topological polar surface area (TPSA) is 185 Å². The second-order valence-electron chi connectivity index (χ2n) is 10.7. The highest BCUT2D eigenvalue weighted by Crippen LogP contribution is 2.32. The Kier molecular flexibility index (Phi) is 10.9. The Morgan fingerprint density at radius 3 is 2.48 bits per heavy atom. The van der Waals surface area contributed by atoms with Crippen molar-refractivity contribution in [3.05, 3.63) is 32.6 Å². The number of hydrogen-bond acceptors (Lipinski definition) is 13. The predicted molar refractivity (Wildman–Crippen MR) is 144 cm³/mol. The summed E-state index contributed by atoms with van der Waals surface area (Å²) in [6.45, 7) is 7.04. The number of aliphatic hydroxyl groups is 1. The van der Waals surface area contributed by atoms with E-state index < -0.39 is 78.1 Å². The van der Waals surface area contributed by atoms with E-state index in [2.05, 4.69) is 4.98 Å². The lowest BCUT2D eigenvalue weighted by Crippen LogP contribution is -2.58. The molecule has 2 fully saturated rings. The van der Waals surface area contributed by atoms with E-state index in [9.17, 15) is 29.1 Å². The van der Waals surface area contributed by atoms with E-state index in [1.165, 1.54) is 31.5 Å². The van der Waals surface area contributed by atoms with Crippen molar-refractivity contribution in [1.82, 2.24) is 14.5 Å². The molecule has 0 bridgehead atoms. The minimum Gasteiger partial charge on any atom is -0.463 e. The number of nitrogens with one attached hydrogen (secondary N) is 1. The molecule has 15 heteroatoms. The highest BCUT2D eigenvalue weighted by atomic mass is 16.7. The standard InChI is InChI=1S/C27H41N3O12/c1-15-10-30(26(36)28-24(15)35)21-11-29(13-27(6,14-31)42-21)8-7-9-37-25-16(2)22(39-18(4)33)23(40-19(5)34)20(41-25)12-38-17(3)32/h10,16,20-23,25,31H,7-9,11-14H2,1-6H3,(H,28,35,36)/t16-,20-,21-,22-,23+,25-,27-/m1/s1/i6D. The number of carbonyl (C=O) groups is 3. The first-order valence-corrected chi connectivity index (χ1v) is 13.7. The van der Waals surface area contributed by atoms with E-state index >= 15 is 0 Å². The molecule has 1 aromatic heterocycles. The summed E-state index contributed by atoms with van der Waals surface area (Å²) in [5.41, 5.74) is -2.11. The van der Waals surface area contributed by atoms with Crippen molar-refractivity contribution >= 4 is 17.9 Å². The monoisotopic (exact) mass is 600 g/mol. The van der Waals surface area contributed by atoms with Crippen LogP contribution in [0.15, 0.2) is 15.8 Å². The van der Waals surface area contributed by atoms with Crippen molar-refractivity contribution in [3.63, 3.8) is 0 Å². The van der Waals surface area contributed by atoms with E-state index in [4.69, 9.17) is 29.8 Å². The van der Waals surface area contributed by atoms with Gasteiger partial charge in [-0.2, -0.15) is 0 Å². The molecule has 15 nitrogen and oxygen atoms in total. The summed E-state index contributed by atoms with van der Waals surface area (Å²) < 4.78 is 43.3. The van der Waals surface area contributed by atoms with Crippen molar-refractivity contribution in [3.8, 4) is 0 Å². The second kappa shape index (κ2) is 14.4. The lowest BCUT2D eigenvalue weighted by atomic mass is 9.92. The predicted octanol–water partition coefficient (Wildman–Crippen LogP) is -0.379. The number of aryl methyl sites for hydroxylation is 1. The summed E-state index contributed by atoms with van der Waals surface area (Å²) >= 11 is 0. The highest BCUT2D eigenvalue weighted by Gasteiger charge is 2.49. The summed E-state index contributed by atoms with van der Waals surface area (Å²) in [5, 5.41) is 10.1. The van der Waals surface area contributed by atoms with Gasteiger partial charge in [0.05, 0.1) is 13.2 Å². The number of carbonyl (C=O) groups excluding carboxylic acids is 3. The zero-order valence-electron chi connectivity index (χ0n) is 25.5. The Morgan fingerprint density at radius 1 is 1.17 bits per heavy atom. The quantitative estimate of drug-likeness (QED) is 0.190. The van der Waals surface area contributed by atoms with E-state index in [0.29, 0.717) is 18.5 Å². The van der Waals surface area contributed by atoms with Gasteiger partial charge in [-0.05, 0) is 20.2 Å². The molecule has 2 aliphatic heterocycles. The number of nitrogens with zero attached hydrogens (tertiary/aromatic N) is 2. The number of morpholine rings is 1. The number of ether oxygens (including phenoxy) is 6. The lowest BCUT2D eigenvalue weighted by molar-refractivity contribution is -0.289. The largest absolute Gasteiger partial charge is 0.463 e. The van der Waals surface area contributed by atoms with E-state index in [1.54, 1.807) is 13.8 Å². The molecule has 3 rings (SSSR count). The summed E-state index contributed by atoms with van der Waals surface area (Å²) in [5.74, 6) is -2.35. The molecule has 0 unspecified atom stereocenters. The third kappa shape index (κ3) is 8.70. The number of hydrogen-bond donors (Lipinski definition) is 2. The van der Waals surface area contributed by atoms with Crippen LogP contribution in [0.5, 0.6) is 0 Å². The number of aliphatic hydroxyl groups excluding tert-OH is 1. The third-order valence-electron chi connectivity index (χ3n) is 6.96. The van der Waals surface area contributed by atoms with Crippen LogP contribution in [0.2, 0.25) is 0 Å². The number of esters is 3. The van der Waals surface area contributed by atoms with Gasteiger partial charge in [0, 0.05) is 59.5 Å². The molecule has 1 aromatic rings. The van der Waals surface area contributed by atoms with Crippen LogP contribution < -0.4 is 11.2 Å². The summed E-state index contributed by atoms with van der Waals surface area (Å²) in [4.78, 5) is 63.7. The van der Waals surface area contributed by atoms with Gasteiger partial charge in [0.2, 0.25) is 0 Å². The molecule has 42 heavy (non-hydrogen) atoms. The number of aromatic amines is 1. The number of aromatic nitrogens is 2. The molecular weight excluding hydrogens is 558 g/mol. The van der Waals surface area contributed by atoms with Crippen LogP contribution in [-0.2, 0) is 42.8 Å². The Bertz CT molecular complexity index is 1250. The van der Waals surface area contributed by atoms with Crippen LogP contribution in [0.1, 0.15) is 54.2 Å². The maximum absolute atomic E-state index is 12.5. The van der Waals surface area contributed by atoms with Crippen LogP contribution in [0.3, 0.4) is 0 Å². The van der Waals surface area contributed by atoms with Crippen LogP contribution in [0, 0.1) is 12.8 Å². The molecule has 0 saturated carbocycles. The van der Waals surface area contributed by atoms with Gasteiger partial charge in [0.1, 0.15) is 24.4 Å². The molecule has 0 spiro atoms. The molecule has 0 radical (unpaired) electrons. The van der Waals surface area contributed by atoms with Gasteiger partial charge in [-0.3, -0.25) is 33.6 Å². The van der Waals surface area contributed by atoms with Gasteiger partial charge in [-0.25, -0.2) is 4.79 Å². The fourth-order valence-electron chi connectivity index (χ4n) is 5.01. The van der Waals surface area contributed by atoms with Gasteiger partial charge < -0.3 is 33.5 Å². The van der Waals surface area contributed by atoms with Crippen molar-refractivity contribution in [1.29, 1.82) is 0 Å². The first-order valence-electron chi connectivity index (χ1n) is 14.4. The molecule has 0 aromatic carbocycles. The molecule has 2 saturated heterocycles. The molecule has 2 aliphatic rings. The second-order valence-corrected chi connectivity index (χ2v) is 10.7. The minimum absolute atomic E-state index is 0.174. The Labute approximate surface area is 244 Å². The SMILES string of the molecule is [2H]C[C@]1(CO)CN(CCCO[C@@H]2O[C@H](COC(C)=O)[C@H](OC(C)=O)[C@H](OC(C)=O)[C@H]2C)C[C@H](n2cc(C)c(=O)[nH]c2=O)O1. The Balaban J connectivity index is 1.69. The zero-order chi connectivity index (χ0) is 31.9. The zero-order valence-corrected chi connectivity index (χ0v) is 24.5. The van der Waals surface area contributed by atoms with Gasteiger partial charge in [0.25, 0.3) is 5.56 Å². The fourth-order valence-corrected chi connectivity index (χ4v) is 5.01. The fraction of sp³-hybridized carbons (Fsp3) is 0.741. The first kappa shape index (κ1) is 31.8. The number of H-pyrrole nitrogens is 1. The molecule has 236 valence electrons. The van der Waals surface area contributed by atoms with Crippen LogP contribution in [0.4, 0.5) is 0 Å². The van der Waals surface area contributed by atoms with Crippen LogP contribution >= 0.6 is 0 Å². The van der Waals surface area contributed by atoms with Crippen LogP contribution in [0.25, 0.3) is 0 Å². The molecule has 0 amide bonds. The summed E-state index contributed by atoms with van der Waals surface area (Å²) in [7, 11) is 0. The van der Waals surface area contributed by atoms with E-state index in [0.717, 1.165) is 0 Å². The maximum atomic E-state index is 12.5. The van der Waals surface area contributed by atoms with E-state index in [1.807, 2.05) is 4.90 Å². The van der Waals surface area contributed by atoms with Gasteiger partial charge in [-0.1, -0.05) is 6.92 Å². The van der Waals surface area contributed by atoms with Crippen molar-refractivity contribution in [2.75, 3.05) is 39.5 Å². The van der Waals surface area contributed by atoms with Gasteiger partial charge in [0.15, 0.2) is 18.6 Å². The normalized spacial score (nSPS) is 30.3. The van der Waals surface area contributed by atoms with Gasteiger partial charge >= 0.3 is 23.6 Å². The highest BCUT2D eigenvalue weighted by molar-refractivity contribution is 5.67.